The van der Waals surface area contributed by atoms with Gasteiger partial charge in [0.15, 0.2) is 11.9 Å². The maximum atomic E-state index is 12.7. The van der Waals surface area contributed by atoms with Crippen LogP contribution in [0.5, 0.6) is 5.75 Å². The Morgan fingerprint density at radius 3 is 2.49 bits per heavy atom. The summed E-state index contributed by atoms with van der Waals surface area (Å²) in [5.74, 6) is -0.258. The smallest absolute Gasteiger partial charge is 0.412 e. The number of methoxy groups -OCH3 is 1. The van der Waals surface area contributed by atoms with Crippen molar-refractivity contribution in [3.05, 3.63) is 71.8 Å². The fraction of sp³-hybridized carbons (Fsp3) is 0.320. The third-order valence-corrected chi connectivity index (χ3v) is 4.96. The Labute approximate surface area is 203 Å². The molecule has 0 saturated carbocycles. The van der Waals surface area contributed by atoms with Crippen molar-refractivity contribution in [2.45, 2.75) is 32.0 Å². The normalized spacial score (nSPS) is 12.6. The van der Waals surface area contributed by atoms with E-state index in [-0.39, 0.29) is 19.0 Å². The molecule has 35 heavy (non-hydrogen) atoms. The molecule has 0 aliphatic heterocycles. The average molecular weight is 487 g/mol. The van der Waals surface area contributed by atoms with Gasteiger partial charge in [-0.3, -0.25) is 20.1 Å². The molecule has 0 radical (unpaired) electrons. The van der Waals surface area contributed by atoms with Gasteiger partial charge in [0.1, 0.15) is 12.4 Å². The molecule has 10 nitrogen and oxygen atoms in total. The number of allylic oxidation sites excluding steroid dienone is 1. The first-order chi connectivity index (χ1) is 16.9. The maximum absolute atomic E-state index is 12.7. The van der Waals surface area contributed by atoms with E-state index < -0.39 is 24.2 Å². The van der Waals surface area contributed by atoms with Crippen molar-refractivity contribution in [2.24, 2.45) is 0 Å². The second-order valence-electron chi connectivity index (χ2n) is 7.46. The van der Waals surface area contributed by atoms with Gasteiger partial charge in [-0.2, -0.15) is 0 Å². The van der Waals surface area contributed by atoms with Crippen LogP contribution in [0, 0.1) is 0 Å². The van der Waals surface area contributed by atoms with Gasteiger partial charge >= 0.3 is 6.09 Å². The number of hydrogen-bond acceptors (Lipinski definition) is 8. The van der Waals surface area contributed by atoms with Crippen molar-refractivity contribution in [3.8, 4) is 5.75 Å². The molecule has 4 N–H and O–H groups in total. The number of ketones is 1. The molecule has 0 bridgehead atoms. The predicted octanol–water partition coefficient (Wildman–Crippen LogP) is 3.41. The Morgan fingerprint density at radius 2 is 1.86 bits per heavy atom. The summed E-state index contributed by atoms with van der Waals surface area (Å²) in [6.07, 6.45) is 1.38. The summed E-state index contributed by atoms with van der Waals surface area (Å²) in [7, 11) is 1.48. The molecule has 2 rings (SSSR count). The van der Waals surface area contributed by atoms with E-state index in [0.29, 0.717) is 35.4 Å². The summed E-state index contributed by atoms with van der Waals surface area (Å²) >= 11 is 0. The van der Waals surface area contributed by atoms with Crippen LogP contribution in [-0.4, -0.2) is 54.5 Å². The third kappa shape index (κ3) is 9.20. The number of nitrogens with one attached hydrogen (secondary N) is 2. The predicted molar refractivity (Wildman–Crippen MR) is 127 cm³/mol. The first-order valence-corrected chi connectivity index (χ1v) is 10.9. The fourth-order valence-electron chi connectivity index (χ4n) is 3.24. The molecule has 188 valence electrons. The Morgan fingerprint density at radius 1 is 1.11 bits per heavy atom. The van der Waals surface area contributed by atoms with Crippen LogP contribution < -0.4 is 15.5 Å². The van der Waals surface area contributed by atoms with Gasteiger partial charge in [0, 0.05) is 24.4 Å². The topological polar surface area (TPSA) is 143 Å². The standard InChI is InChI=1S/C25H30N2O8/c1-17(29)18-10-12-20(13-11-18)26-25(31)35-24(19-6-5-7-21(16-19)34-15-14-28)22(33-2)8-3-4-9-23(30)27-32/h4-7,9-13,16,22,24,28,32H,3,8,14-15H2,1-2H3,(H,26,31)(H,27,30)/b9-4+/t22-,24-/m1/s1. The Hall–Kier alpha value is -3.73. The van der Waals surface area contributed by atoms with Gasteiger partial charge in [0.25, 0.3) is 5.91 Å². The Bertz CT molecular complexity index is 1010. The molecule has 0 saturated heterocycles. The zero-order chi connectivity index (χ0) is 25.6. The van der Waals surface area contributed by atoms with Gasteiger partial charge in [-0.15, -0.1) is 0 Å². The highest BCUT2D eigenvalue weighted by Gasteiger charge is 2.27. The monoisotopic (exact) mass is 486 g/mol. The van der Waals surface area contributed by atoms with Crippen LogP contribution in [0.1, 0.15) is 41.8 Å². The third-order valence-electron chi connectivity index (χ3n) is 4.96. The largest absolute Gasteiger partial charge is 0.491 e. The number of hydroxylamine groups is 1. The molecule has 0 heterocycles. The van der Waals surface area contributed by atoms with Gasteiger partial charge in [-0.1, -0.05) is 18.2 Å². The number of carbonyl (C=O) groups excluding carboxylic acids is 3. The van der Waals surface area contributed by atoms with Crippen LogP contribution in [0.15, 0.2) is 60.7 Å². The lowest BCUT2D eigenvalue weighted by atomic mass is 10.00. The number of hydrogen-bond donors (Lipinski definition) is 4. The molecule has 2 aromatic carbocycles. The lowest BCUT2D eigenvalue weighted by molar-refractivity contribution is -0.124. The number of Topliss-reactive ketones (excluding diaryl/α,β-unsaturated/α-hetero) is 1. The van der Waals surface area contributed by atoms with Crippen molar-refractivity contribution in [2.75, 3.05) is 25.6 Å². The van der Waals surface area contributed by atoms with Crippen LogP contribution >= 0.6 is 0 Å². The van der Waals surface area contributed by atoms with Gasteiger partial charge in [0.05, 0.1) is 12.7 Å². The number of benzene rings is 2. The van der Waals surface area contributed by atoms with E-state index in [1.165, 1.54) is 25.6 Å². The molecule has 0 aromatic heterocycles. The number of aliphatic hydroxyl groups excluding tert-OH is 1. The van der Waals surface area contributed by atoms with E-state index in [9.17, 15) is 14.4 Å². The Kier molecular flexibility index (Phi) is 11.4. The van der Waals surface area contributed by atoms with Crippen LogP contribution in [0.25, 0.3) is 0 Å². The van der Waals surface area contributed by atoms with Crippen LogP contribution in [0.4, 0.5) is 10.5 Å². The minimum absolute atomic E-state index is 0.0871. The quantitative estimate of drug-likeness (QED) is 0.146. The van der Waals surface area contributed by atoms with Gasteiger partial charge < -0.3 is 19.3 Å². The highest BCUT2D eigenvalue weighted by Crippen LogP contribution is 2.29. The van der Waals surface area contributed by atoms with Crippen molar-refractivity contribution in [3.63, 3.8) is 0 Å². The molecule has 2 amide bonds. The summed E-state index contributed by atoms with van der Waals surface area (Å²) in [6.45, 7) is 1.41. The first-order valence-electron chi connectivity index (χ1n) is 10.9. The fourth-order valence-corrected chi connectivity index (χ4v) is 3.24. The van der Waals surface area contributed by atoms with Gasteiger partial charge in [0.2, 0.25) is 0 Å². The van der Waals surface area contributed by atoms with Crippen molar-refractivity contribution in [1.29, 1.82) is 0 Å². The maximum Gasteiger partial charge on any atom is 0.412 e. The molecule has 2 atom stereocenters. The van der Waals surface area contributed by atoms with Crippen LogP contribution in [0.2, 0.25) is 0 Å². The number of ether oxygens (including phenoxy) is 3. The summed E-state index contributed by atoms with van der Waals surface area (Å²) in [6, 6.07) is 13.3. The SMILES string of the molecule is CO[C@H](CC/C=C/C(=O)NO)[C@H](OC(=O)Nc1ccc(C(C)=O)cc1)c1cccc(OCCO)c1. The van der Waals surface area contributed by atoms with Gasteiger partial charge in [-0.05, 0) is 61.7 Å². The Balaban J connectivity index is 2.21. The number of carbonyl (C=O) groups is 3. The van der Waals surface area contributed by atoms with E-state index in [4.69, 9.17) is 24.5 Å². The molecule has 0 fully saturated rings. The van der Waals surface area contributed by atoms with E-state index in [1.54, 1.807) is 54.6 Å². The van der Waals surface area contributed by atoms with Crippen LogP contribution in [0.3, 0.4) is 0 Å². The summed E-state index contributed by atoms with van der Waals surface area (Å²) in [5.41, 5.74) is 3.08. The molecule has 0 unspecified atom stereocenters. The molecule has 0 spiro atoms. The molecular formula is C25H30N2O8. The minimum Gasteiger partial charge on any atom is -0.491 e. The second kappa shape index (κ2) is 14.5. The lowest BCUT2D eigenvalue weighted by Gasteiger charge is -2.26. The summed E-state index contributed by atoms with van der Waals surface area (Å²) in [4.78, 5) is 35.4. The van der Waals surface area contributed by atoms with Crippen molar-refractivity contribution >= 4 is 23.5 Å². The number of anilines is 1. The zero-order valence-corrected chi connectivity index (χ0v) is 19.6. The van der Waals surface area contributed by atoms with E-state index in [1.807, 2.05) is 0 Å². The van der Waals surface area contributed by atoms with E-state index in [0.717, 1.165) is 0 Å². The van der Waals surface area contributed by atoms with Crippen molar-refractivity contribution < 1.29 is 38.9 Å². The average Bonchev–Trinajstić information content (AvgIpc) is 2.86. The number of rotatable bonds is 13. The number of amides is 2. The van der Waals surface area contributed by atoms with E-state index in [2.05, 4.69) is 5.32 Å². The molecule has 0 aliphatic rings. The zero-order valence-electron chi connectivity index (χ0n) is 19.6. The second-order valence-corrected chi connectivity index (χ2v) is 7.46. The van der Waals surface area contributed by atoms with Crippen molar-refractivity contribution in [1.82, 2.24) is 5.48 Å². The highest BCUT2D eigenvalue weighted by molar-refractivity contribution is 5.95. The highest BCUT2D eigenvalue weighted by atomic mass is 16.6. The minimum atomic E-state index is -0.839. The number of aliphatic hydroxyl groups is 1. The molecular weight excluding hydrogens is 456 g/mol. The lowest BCUT2D eigenvalue weighted by Crippen LogP contribution is -2.28. The molecule has 0 aliphatic carbocycles. The first kappa shape index (κ1) is 27.5. The van der Waals surface area contributed by atoms with E-state index >= 15 is 0 Å². The summed E-state index contributed by atoms with van der Waals surface area (Å²) < 4.78 is 16.8. The molecule has 2 aromatic rings. The van der Waals surface area contributed by atoms with Crippen LogP contribution in [-0.2, 0) is 14.3 Å². The summed E-state index contributed by atoms with van der Waals surface area (Å²) in [5, 5.41) is 20.3. The van der Waals surface area contributed by atoms with Gasteiger partial charge in [-0.25, -0.2) is 10.3 Å². The molecule has 10 heteroatoms.